The summed E-state index contributed by atoms with van der Waals surface area (Å²) in [5.41, 5.74) is 0.963. The third kappa shape index (κ3) is 2.65. The van der Waals surface area contributed by atoms with Gasteiger partial charge in [-0.15, -0.1) is 16.4 Å². The number of halogens is 1. The fraction of sp³-hybridized carbons (Fsp3) is 0.300. The molecule has 0 saturated carbocycles. The zero-order valence-electron chi connectivity index (χ0n) is 9.31. The van der Waals surface area contributed by atoms with Crippen LogP contribution in [0.5, 0.6) is 0 Å². The minimum absolute atomic E-state index is 0.102. The van der Waals surface area contributed by atoms with Gasteiger partial charge in [0.2, 0.25) is 0 Å². The molecular formula is C10H10IN3O2S. The number of hydrogen-bond donors (Lipinski definition) is 0. The third-order valence-corrected chi connectivity index (χ3v) is 3.84. The molecule has 0 aliphatic heterocycles. The Bertz CT molecular complexity index is 549. The molecule has 0 aliphatic carbocycles. The van der Waals surface area contributed by atoms with Gasteiger partial charge >= 0.3 is 5.97 Å². The summed E-state index contributed by atoms with van der Waals surface area (Å²) in [5, 5.41) is 6.03. The number of nitrogens with zero attached hydrogens (tertiary/aromatic N) is 3. The number of aryl methyl sites for hydroxylation is 1. The Morgan fingerprint density at radius 2 is 2.41 bits per heavy atom. The standard InChI is InChI=1S/C10H10IN3O2S/c1-3-16-10(15)8-12-9(14(2)13-8)6-4-7(11)17-5-6/h4-5H,3H2,1-2H3. The topological polar surface area (TPSA) is 57.0 Å². The molecule has 0 fully saturated rings. The molecule has 0 radical (unpaired) electrons. The lowest BCUT2D eigenvalue weighted by molar-refractivity contribution is 0.0512. The molecule has 2 rings (SSSR count). The van der Waals surface area contributed by atoms with Crippen LogP contribution < -0.4 is 0 Å². The van der Waals surface area contributed by atoms with Crippen LogP contribution in [0.4, 0.5) is 0 Å². The maximum absolute atomic E-state index is 11.5. The van der Waals surface area contributed by atoms with Crippen LogP contribution in [0.25, 0.3) is 11.4 Å². The van der Waals surface area contributed by atoms with Crippen LogP contribution in [-0.2, 0) is 11.8 Å². The van der Waals surface area contributed by atoms with Crippen LogP contribution in [0.2, 0.25) is 0 Å². The number of hydrogen-bond acceptors (Lipinski definition) is 5. The van der Waals surface area contributed by atoms with Crippen molar-refractivity contribution < 1.29 is 9.53 Å². The molecule has 0 aliphatic rings. The molecule has 0 bridgehead atoms. The van der Waals surface area contributed by atoms with Gasteiger partial charge in [0, 0.05) is 18.0 Å². The zero-order valence-corrected chi connectivity index (χ0v) is 12.3. The fourth-order valence-corrected chi connectivity index (χ4v) is 2.67. The van der Waals surface area contributed by atoms with Gasteiger partial charge in [0.1, 0.15) is 0 Å². The molecule has 0 atom stereocenters. The highest BCUT2D eigenvalue weighted by molar-refractivity contribution is 14.1. The molecule has 5 nitrogen and oxygen atoms in total. The number of thiophene rings is 1. The Morgan fingerprint density at radius 1 is 1.65 bits per heavy atom. The lowest BCUT2D eigenvalue weighted by Crippen LogP contribution is -2.07. The summed E-state index contributed by atoms with van der Waals surface area (Å²) in [6.45, 7) is 2.08. The Labute approximate surface area is 116 Å². The fourth-order valence-electron chi connectivity index (χ4n) is 1.35. The average molecular weight is 363 g/mol. The quantitative estimate of drug-likeness (QED) is 0.621. The van der Waals surface area contributed by atoms with Gasteiger partial charge in [0.05, 0.1) is 9.49 Å². The molecule has 17 heavy (non-hydrogen) atoms. The van der Waals surface area contributed by atoms with E-state index in [0.29, 0.717) is 12.4 Å². The molecule has 0 saturated heterocycles. The van der Waals surface area contributed by atoms with Crippen molar-refractivity contribution in [3.8, 4) is 11.4 Å². The first-order valence-corrected chi connectivity index (χ1v) is 6.90. The van der Waals surface area contributed by atoms with Crippen LogP contribution in [-0.4, -0.2) is 27.3 Å². The third-order valence-electron chi connectivity index (χ3n) is 2.05. The van der Waals surface area contributed by atoms with Gasteiger partial charge < -0.3 is 4.74 Å². The van der Waals surface area contributed by atoms with Crippen molar-refractivity contribution >= 4 is 39.9 Å². The zero-order chi connectivity index (χ0) is 12.4. The van der Waals surface area contributed by atoms with E-state index in [9.17, 15) is 4.79 Å². The minimum Gasteiger partial charge on any atom is -0.460 e. The predicted molar refractivity (Wildman–Crippen MR) is 73.0 cm³/mol. The second kappa shape index (κ2) is 5.13. The molecule has 90 valence electrons. The van der Waals surface area contributed by atoms with Crippen molar-refractivity contribution in [2.75, 3.05) is 6.61 Å². The van der Waals surface area contributed by atoms with Crippen molar-refractivity contribution in [2.24, 2.45) is 7.05 Å². The van der Waals surface area contributed by atoms with Gasteiger partial charge in [-0.1, -0.05) is 0 Å². The largest absolute Gasteiger partial charge is 0.460 e. The number of esters is 1. The molecule has 2 heterocycles. The predicted octanol–water partition coefficient (Wildman–Crippen LogP) is 2.32. The van der Waals surface area contributed by atoms with Crippen LogP contribution in [0.1, 0.15) is 17.5 Å². The van der Waals surface area contributed by atoms with E-state index in [4.69, 9.17) is 4.74 Å². The Kier molecular flexibility index (Phi) is 3.77. The lowest BCUT2D eigenvalue weighted by Gasteiger charge is -1.94. The molecule has 0 N–H and O–H groups in total. The second-order valence-corrected chi connectivity index (χ2v) is 6.05. The van der Waals surface area contributed by atoms with E-state index in [1.54, 1.807) is 30.0 Å². The number of carbonyl (C=O) groups excluding carboxylic acids is 1. The molecule has 0 amide bonds. The Hall–Kier alpha value is -0.960. The minimum atomic E-state index is -0.487. The normalized spacial score (nSPS) is 10.5. The maximum Gasteiger partial charge on any atom is 0.378 e. The van der Waals surface area contributed by atoms with E-state index < -0.39 is 5.97 Å². The van der Waals surface area contributed by atoms with Crippen molar-refractivity contribution in [3.63, 3.8) is 0 Å². The molecule has 0 unspecified atom stereocenters. The summed E-state index contributed by atoms with van der Waals surface area (Å²) in [6, 6.07) is 2.00. The molecule has 2 aromatic rings. The van der Waals surface area contributed by atoms with Crippen molar-refractivity contribution in [2.45, 2.75) is 6.92 Å². The Balaban J connectivity index is 2.34. The van der Waals surface area contributed by atoms with Crippen LogP contribution in [0.3, 0.4) is 0 Å². The average Bonchev–Trinajstić information content (AvgIpc) is 2.85. The highest BCUT2D eigenvalue weighted by atomic mass is 127. The molecule has 7 heteroatoms. The van der Waals surface area contributed by atoms with E-state index in [1.165, 1.54) is 2.88 Å². The van der Waals surface area contributed by atoms with Crippen LogP contribution >= 0.6 is 33.9 Å². The number of carbonyl (C=O) groups is 1. The van der Waals surface area contributed by atoms with Crippen LogP contribution in [0, 0.1) is 2.88 Å². The highest BCUT2D eigenvalue weighted by Crippen LogP contribution is 2.24. The molecule has 2 aromatic heterocycles. The Morgan fingerprint density at radius 3 is 3.00 bits per heavy atom. The van der Waals surface area contributed by atoms with Crippen molar-refractivity contribution in [1.29, 1.82) is 0 Å². The second-order valence-electron chi connectivity index (χ2n) is 3.24. The summed E-state index contributed by atoms with van der Waals surface area (Å²) < 4.78 is 7.61. The van der Waals surface area contributed by atoms with Gasteiger partial charge in [0.15, 0.2) is 5.82 Å². The number of rotatable bonds is 3. The van der Waals surface area contributed by atoms with Gasteiger partial charge in [-0.25, -0.2) is 14.5 Å². The molecule has 0 aromatic carbocycles. The molecular weight excluding hydrogens is 353 g/mol. The SMILES string of the molecule is CCOC(=O)c1nc(-c2csc(I)c2)n(C)n1. The maximum atomic E-state index is 11.5. The van der Waals surface area contributed by atoms with Crippen molar-refractivity contribution in [3.05, 3.63) is 20.2 Å². The van der Waals surface area contributed by atoms with Gasteiger partial charge in [0.25, 0.3) is 5.82 Å². The number of aromatic nitrogens is 3. The van der Waals surface area contributed by atoms with Gasteiger partial charge in [-0.3, -0.25) is 0 Å². The van der Waals surface area contributed by atoms with E-state index in [1.807, 2.05) is 11.4 Å². The van der Waals surface area contributed by atoms with Crippen LogP contribution in [0.15, 0.2) is 11.4 Å². The van der Waals surface area contributed by atoms with E-state index in [0.717, 1.165) is 5.56 Å². The first kappa shape index (κ1) is 12.5. The van der Waals surface area contributed by atoms with E-state index in [2.05, 4.69) is 32.7 Å². The first-order valence-electron chi connectivity index (χ1n) is 4.94. The lowest BCUT2D eigenvalue weighted by atomic mass is 10.3. The smallest absolute Gasteiger partial charge is 0.378 e. The van der Waals surface area contributed by atoms with E-state index in [-0.39, 0.29) is 5.82 Å². The van der Waals surface area contributed by atoms with Gasteiger partial charge in [-0.2, -0.15) is 0 Å². The summed E-state index contributed by atoms with van der Waals surface area (Å²) >= 11 is 3.87. The summed E-state index contributed by atoms with van der Waals surface area (Å²) in [6.07, 6.45) is 0. The summed E-state index contributed by atoms with van der Waals surface area (Å²) in [5.74, 6) is 0.289. The first-order chi connectivity index (χ1) is 8.11. The van der Waals surface area contributed by atoms with E-state index >= 15 is 0 Å². The van der Waals surface area contributed by atoms with Gasteiger partial charge in [-0.05, 0) is 35.6 Å². The summed E-state index contributed by atoms with van der Waals surface area (Å²) in [4.78, 5) is 15.7. The highest BCUT2D eigenvalue weighted by Gasteiger charge is 2.17. The summed E-state index contributed by atoms with van der Waals surface area (Å²) in [7, 11) is 1.76. The monoisotopic (exact) mass is 363 g/mol. The number of ether oxygens (including phenoxy) is 1. The molecule has 0 spiro atoms. The van der Waals surface area contributed by atoms with Crippen molar-refractivity contribution in [1.82, 2.24) is 14.8 Å².